The van der Waals surface area contributed by atoms with Gasteiger partial charge in [0.2, 0.25) is 0 Å². The largest absolute Gasteiger partial charge is 0.497 e. The zero-order chi connectivity index (χ0) is 9.14. The molecule has 72 valence electrons. The van der Waals surface area contributed by atoms with Crippen LogP contribution < -0.4 is 10.2 Å². The number of rotatable bonds is 2. The molecule has 13 heavy (non-hydrogen) atoms. The smallest absolute Gasteiger partial charge is 0.492 e. The quantitative estimate of drug-likeness (QED) is 0.647. The topological polar surface area (TPSA) is 49.7 Å². The fraction of sp³-hybridized carbons (Fsp3) is 0.143. The maximum absolute atomic E-state index is 12.6. The van der Waals surface area contributed by atoms with Gasteiger partial charge >= 0.3 is 7.12 Å². The van der Waals surface area contributed by atoms with Crippen molar-refractivity contribution in [1.29, 1.82) is 0 Å². The third-order valence-electron chi connectivity index (χ3n) is 1.47. The third kappa shape index (κ3) is 3.44. The van der Waals surface area contributed by atoms with Gasteiger partial charge in [-0.1, -0.05) is 6.07 Å². The molecule has 3 nitrogen and oxygen atoms in total. The molecule has 0 atom stereocenters. The van der Waals surface area contributed by atoms with E-state index in [1.54, 1.807) is 0 Å². The van der Waals surface area contributed by atoms with Gasteiger partial charge < -0.3 is 14.8 Å². The van der Waals surface area contributed by atoms with Crippen molar-refractivity contribution >= 4 is 12.6 Å². The number of halogens is 1. The van der Waals surface area contributed by atoms with Crippen molar-refractivity contribution in [1.82, 2.24) is 0 Å². The van der Waals surface area contributed by atoms with Crippen LogP contribution in [0.4, 0.5) is 4.39 Å². The van der Waals surface area contributed by atoms with Crippen molar-refractivity contribution in [3.05, 3.63) is 24.0 Å². The van der Waals surface area contributed by atoms with Crippen molar-refractivity contribution in [3.8, 4) is 5.75 Å². The van der Waals surface area contributed by atoms with Crippen molar-refractivity contribution in [2.45, 2.75) is 0 Å². The molecule has 0 radical (unpaired) electrons. The minimum Gasteiger partial charge on any atom is -0.497 e. The first kappa shape index (κ1) is 13.2. The molecule has 0 heterocycles. The Kier molecular flexibility index (Phi) is 5.91. The molecule has 0 aliphatic carbocycles. The Labute approximate surface area is 106 Å². The summed E-state index contributed by atoms with van der Waals surface area (Å²) in [7, 11) is -0.304. The van der Waals surface area contributed by atoms with Crippen LogP contribution in [-0.2, 0) is 0 Å². The van der Waals surface area contributed by atoms with Gasteiger partial charge in [-0.25, -0.2) is 4.39 Å². The first-order valence-electron chi connectivity index (χ1n) is 3.34. The standard InChI is InChI=1S/C7H8BFO3.Ar/c1-12-7-4-5(9)2-3-6(7)8(10)11;/h2-4,10-11H,1H3;. The van der Waals surface area contributed by atoms with Crippen molar-refractivity contribution in [2.75, 3.05) is 7.11 Å². The van der Waals surface area contributed by atoms with Crippen LogP contribution in [0.2, 0.25) is 0 Å². The van der Waals surface area contributed by atoms with E-state index in [2.05, 4.69) is 0 Å². The van der Waals surface area contributed by atoms with E-state index in [1.807, 2.05) is 0 Å². The molecule has 0 fully saturated rings. The number of benzene rings is 1. The summed E-state index contributed by atoms with van der Waals surface area (Å²) in [4.78, 5) is 0. The number of ether oxygens (including phenoxy) is 1. The van der Waals surface area contributed by atoms with E-state index in [1.165, 1.54) is 13.2 Å². The Morgan fingerprint density at radius 1 is 1.38 bits per heavy atom. The Balaban J connectivity index is 0.00000144. The Morgan fingerprint density at radius 2 is 2.00 bits per heavy atom. The monoisotopic (exact) mass is 210 g/mol. The molecule has 0 saturated carbocycles. The van der Waals surface area contributed by atoms with Crippen LogP contribution in [0.25, 0.3) is 0 Å². The zero-order valence-electron chi connectivity index (χ0n) is 6.84. The summed E-state index contributed by atoms with van der Waals surface area (Å²) in [5, 5.41) is 17.6. The van der Waals surface area contributed by atoms with Crippen LogP contribution in [0, 0.1) is 43.6 Å². The van der Waals surface area contributed by atoms with Gasteiger partial charge in [0.1, 0.15) is 11.6 Å². The van der Waals surface area contributed by atoms with Gasteiger partial charge in [0.05, 0.1) is 7.11 Å². The fourth-order valence-electron chi connectivity index (χ4n) is 0.898. The first-order chi connectivity index (χ1) is 5.65. The predicted molar refractivity (Wildman–Crippen MR) is 42.8 cm³/mol. The van der Waals surface area contributed by atoms with Gasteiger partial charge in [-0.05, 0) is 6.07 Å². The number of hydrogen-bond donors (Lipinski definition) is 2. The zero-order valence-corrected chi connectivity index (χ0v) is 7.55. The Hall–Kier alpha value is 0.195. The van der Waals surface area contributed by atoms with E-state index in [0.717, 1.165) is 12.1 Å². The SMILES string of the molecule is COc1cc(F)ccc1B(O)O.[Ar]. The van der Waals surface area contributed by atoms with E-state index in [9.17, 15) is 4.39 Å². The van der Waals surface area contributed by atoms with E-state index in [0.29, 0.717) is 0 Å². The molecule has 0 saturated heterocycles. The molecule has 6 heteroatoms. The summed E-state index contributed by atoms with van der Waals surface area (Å²) in [6.45, 7) is 0. The van der Waals surface area contributed by atoms with E-state index in [-0.39, 0.29) is 49.0 Å². The van der Waals surface area contributed by atoms with Crippen LogP contribution in [0.15, 0.2) is 18.2 Å². The Bertz CT molecular complexity index is 282. The van der Waals surface area contributed by atoms with Crippen molar-refractivity contribution in [3.63, 3.8) is 0 Å². The molecule has 0 aliphatic rings. The molecule has 0 amide bonds. The van der Waals surface area contributed by atoms with Crippen LogP contribution in [0.1, 0.15) is 0 Å². The molecule has 0 unspecified atom stereocenters. The second kappa shape index (κ2) is 5.83. The van der Waals surface area contributed by atoms with Gasteiger partial charge in [0.25, 0.3) is 0 Å². The van der Waals surface area contributed by atoms with Gasteiger partial charge in [-0.2, -0.15) is 0 Å². The van der Waals surface area contributed by atoms with Gasteiger partial charge in [0, 0.05) is 49.3 Å². The number of hydrogen-bond acceptors (Lipinski definition) is 3. The summed E-state index contributed by atoms with van der Waals surface area (Å²) < 4.78 is 17.3. The van der Waals surface area contributed by atoms with E-state index >= 15 is 0 Å². The molecule has 2 N–H and O–H groups in total. The molecular formula is C7H8ArBFO3. The van der Waals surface area contributed by atoms with Crippen LogP contribution >= 0.6 is 0 Å². The second-order valence-corrected chi connectivity index (χ2v) is 2.26. The van der Waals surface area contributed by atoms with Crippen LogP contribution in [0.3, 0.4) is 0 Å². The normalized spacial score (nSPS) is 8.92. The minimum absolute atomic E-state index is 0. The third-order valence-corrected chi connectivity index (χ3v) is 1.47. The fourth-order valence-corrected chi connectivity index (χ4v) is 0.898. The van der Waals surface area contributed by atoms with Crippen LogP contribution in [-0.4, -0.2) is 24.3 Å². The average Bonchev–Trinajstić information content (AvgIpc) is 2.03. The molecule has 0 aliphatic heterocycles. The Morgan fingerprint density at radius 3 is 2.46 bits per heavy atom. The summed E-state index contributed by atoms with van der Waals surface area (Å²) >= 11 is 0. The molecular weight excluding hydrogens is 202 g/mol. The summed E-state index contributed by atoms with van der Waals surface area (Å²) in [5.41, 5.74) is 0.152. The summed E-state index contributed by atoms with van der Waals surface area (Å²) in [6.07, 6.45) is 0. The molecule has 0 aromatic heterocycles. The maximum Gasteiger partial charge on any atom is 0.492 e. The predicted octanol–water partition coefficient (Wildman–Crippen LogP) is -0.486. The van der Waals surface area contributed by atoms with Gasteiger partial charge in [-0.3, -0.25) is 0 Å². The molecule has 1 aromatic rings. The molecule has 0 spiro atoms. The van der Waals surface area contributed by atoms with Crippen molar-refractivity contribution < 1.29 is 56.9 Å². The second-order valence-electron chi connectivity index (χ2n) is 2.26. The van der Waals surface area contributed by atoms with E-state index in [4.69, 9.17) is 14.8 Å². The minimum atomic E-state index is -1.64. The van der Waals surface area contributed by atoms with Gasteiger partial charge in [0.15, 0.2) is 0 Å². The number of methoxy groups -OCH3 is 1. The average molecular weight is 210 g/mol. The summed E-state index contributed by atoms with van der Waals surface area (Å²) in [6, 6.07) is 3.49. The molecule has 0 bridgehead atoms. The van der Waals surface area contributed by atoms with E-state index < -0.39 is 12.9 Å². The molecule has 1 rings (SSSR count). The molecule has 1 aromatic carbocycles. The maximum atomic E-state index is 12.6. The summed E-state index contributed by atoms with van der Waals surface area (Å²) in [5.74, 6) is -0.346. The van der Waals surface area contributed by atoms with Crippen LogP contribution in [0.5, 0.6) is 5.75 Å². The van der Waals surface area contributed by atoms with Crippen molar-refractivity contribution in [2.24, 2.45) is 0 Å². The first-order valence-corrected chi connectivity index (χ1v) is 3.34. The van der Waals surface area contributed by atoms with Gasteiger partial charge in [-0.15, -0.1) is 0 Å².